The second kappa shape index (κ2) is 11.0. The highest BCUT2D eigenvalue weighted by molar-refractivity contribution is 6.07. The van der Waals surface area contributed by atoms with Crippen LogP contribution in [0.3, 0.4) is 0 Å². The summed E-state index contributed by atoms with van der Waals surface area (Å²) in [5.41, 5.74) is 1.20. The molecule has 9 nitrogen and oxygen atoms in total. The Morgan fingerprint density at radius 3 is 2.53 bits per heavy atom. The lowest BCUT2D eigenvalue weighted by molar-refractivity contribution is -0.138. The smallest absolute Gasteiger partial charge is 0.330 e. The molecule has 0 amide bonds. The summed E-state index contributed by atoms with van der Waals surface area (Å²) in [4.78, 5) is 19.7. The highest BCUT2D eigenvalue weighted by Gasteiger charge is 2.22. The number of hydrogen-bond acceptors (Lipinski definition) is 8. The molecule has 1 atom stereocenters. The van der Waals surface area contributed by atoms with Crippen LogP contribution in [0.4, 0.5) is 14.6 Å². The monoisotopic (exact) mass is 490 g/mol. The number of halogens is 2. The van der Waals surface area contributed by atoms with Gasteiger partial charge < -0.3 is 20.3 Å². The topological polar surface area (TPSA) is 137 Å². The second-order valence-corrected chi connectivity index (χ2v) is 7.52. The van der Waals surface area contributed by atoms with Crippen LogP contribution in [-0.2, 0) is 11.3 Å². The fourth-order valence-corrected chi connectivity index (χ4v) is 3.28. The summed E-state index contributed by atoms with van der Waals surface area (Å²) in [6.45, 7) is 0.0904. The summed E-state index contributed by atoms with van der Waals surface area (Å²) in [7, 11) is 0. The molecule has 182 valence electrons. The first-order chi connectivity index (χ1) is 17.4. The van der Waals surface area contributed by atoms with Gasteiger partial charge in [0.15, 0.2) is 23.5 Å². The van der Waals surface area contributed by atoms with E-state index < -0.39 is 23.6 Å². The van der Waals surface area contributed by atoms with Crippen molar-refractivity contribution < 1.29 is 23.2 Å². The zero-order chi connectivity index (χ0) is 25.5. The molecule has 0 saturated carbocycles. The van der Waals surface area contributed by atoms with Gasteiger partial charge in [-0.15, -0.1) is 0 Å². The van der Waals surface area contributed by atoms with Crippen LogP contribution in [0, 0.1) is 17.0 Å². The SMILES string of the molecule is N=C(/C=C(\NCc1ccccc1F)c1ccon1)c1ncc(F)c(N[C@@H](C(=O)O)c2ccccc2)n1. The molecule has 2 aromatic heterocycles. The number of aliphatic carboxylic acids is 1. The van der Waals surface area contributed by atoms with Crippen LogP contribution in [0.5, 0.6) is 0 Å². The molecule has 0 spiro atoms. The molecule has 36 heavy (non-hydrogen) atoms. The Balaban J connectivity index is 1.60. The molecule has 4 aromatic rings. The van der Waals surface area contributed by atoms with Gasteiger partial charge in [0, 0.05) is 18.2 Å². The molecule has 11 heteroatoms. The number of carboxylic acid groups (broad SMARTS) is 1. The van der Waals surface area contributed by atoms with E-state index in [1.54, 1.807) is 54.6 Å². The van der Waals surface area contributed by atoms with E-state index >= 15 is 0 Å². The van der Waals surface area contributed by atoms with Crippen molar-refractivity contribution in [3.63, 3.8) is 0 Å². The minimum Gasteiger partial charge on any atom is -0.479 e. The van der Waals surface area contributed by atoms with Gasteiger partial charge in [-0.1, -0.05) is 53.7 Å². The molecule has 0 bridgehead atoms. The molecule has 4 N–H and O–H groups in total. The lowest BCUT2D eigenvalue weighted by atomic mass is 10.1. The van der Waals surface area contributed by atoms with Gasteiger partial charge in [-0.25, -0.2) is 23.5 Å². The van der Waals surface area contributed by atoms with Crippen molar-refractivity contribution in [3.05, 3.63) is 113 Å². The minimum atomic E-state index is -1.28. The molecule has 0 unspecified atom stereocenters. The molecular formula is C25H20F2N6O3. The van der Waals surface area contributed by atoms with Gasteiger partial charge in [-0.3, -0.25) is 5.41 Å². The number of anilines is 1. The number of hydrogen-bond donors (Lipinski definition) is 4. The molecule has 0 aliphatic carbocycles. The number of aromatic nitrogens is 3. The van der Waals surface area contributed by atoms with E-state index in [0.717, 1.165) is 6.20 Å². The molecule has 0 aliphatic heterocycles. The normalized spacial score (nSPS) is 12.1. The summed E-state index contributed by atoms with van der Waals surface area (Å²) in [5.74, 6) is -3.07. The van der Waals surface area contributed by atoms with Crippen molar-refractivity contribution in [1.82, 2.24) is 20.4 Å². The van der Waals surface area contributed by atoms with E-state index in [1.165, 1.54) is 18.4 Å². The maximum atomic E-state index is 14.5. The lowest BCUT2D eigenvalue weighted by Crippen LogP contribution is -2.22. The first-order valence-corrected chi connectivity index (χ1v) is 10.7. The van der Waals surface area contributed by atoms with Crippen molar-refractivity contribution in [1.29, 1.82) is 5.41 Å². The fourth-order valence-electron chi connectivity index (χ4n) is 3.28. The molecule has 2 heterocycles. The van der Waals surface area contributed by atoms with Crippen molar-refractivity contribution in [2.45, 2.75) is 12.6 Å². The van der Waals surface area contributed by atoms with Gasteiger partial charge in [0.05, 0.1) is 11.9 Å². The van der Waals surface area contributed by atoms with Gasteiger partial charge >= 0.3 is 5.97 Å². The average molecular weight is 490 g/mol. The highest BCUT2D eigenvalue weighted by Crippen LogP contribution is 2.21. The first kappa shape index (κ1) is 24.2. The zero-order valence-electron chi connectivity index (χ0n) is 18.7. The first-order valence-electron chi connectivity index (χ1n) is 10.7. The molecule has 2 aromatic carbocycles. The average Bonchev–Trinajstić information content (AvgIpc) is 3.42. The summed E-state index contributed by atoms with van der Waals surface area (Å²) in [6.07, 6.45) is 3.52. The van der Waals surface area contributed by atoms with Gasteiger partial charge in [0.2, 0.25) is 0 Å². The van der Waals surface area contributed by atoms with Crippen molar-refractivity contribution in [3.8, 4) is 0 Å². The Bertz CT molecular complexity index is 1390. The summed E-state index contributed by atoms with van der Waals surface area (Å²) < 4.78 is 33.4. The van der Waals surface area contributed by atoms with Crippen LogP contribution in [0.2, 0.25) is 0 Å². The van der Waals surface area contributed by atoms with E-state index in [-0.39, 0.29) is 23.9 Å². The maximum absolute atomic E-state index is 14.5. The zero-order valence-corrected chi connectivity index (χ0v) is 18.7. The maximum Gasteiger partial charge on any atom is 0.330 e. The largest absolute Gasteiger partial charge is 0.479 e. The van der Waals surface area contributed by atoms with Crippen LogP contribution >= 0.6 is 0 Å². The van der Waals surface area contributed by atoms with Crippen molar-refractivity contribution in [2.24, 2.45) is 0 Å². The highest BCUT2D eigenvalue weighted by atomic mass is 19.1. The third-order valence-corrected chi connectivity index (χ3v) is 5.08. The number of allylic oxidation sites excluding steroid dienone is 1. The Morgan fingerprint density at radius 2 is 1.83 bits per heavy atom. The third kappa shape index (κ3) is 5.76. The van der Waals surface area contributed by atoms with E-state index in [4.69, 9.17) is 9.93 Å². The third-order valence-electron chi connectivity index (χ3n) is 5.08. The lowest BCUT2D eigenvalue weighted by Gasteiger charge is -2.16. The van der Waals surface area contributed by atoms with Crippen molar-refractivity contribution >= 4 is 23.2 Å². The van der Waals surface area contributed by atoms with Crippen LogP contribution in [-0.4, -0.2) is 31.9 Å². The van der Waals surface area contributed by atoms with E-state index in [0.29, 0.717) is 22.5 Å². The summed E-state index contributed by atoms with van der Waals surface area (Å²) >= 11 is 0. The van der Waals surface area contributed by atoms with Gasteiger partial charge in [0.1, 0.15) is 23.5 Å². The number of carbonyl (C=O) groups is 1. The van der Waals surface area contributed by atoms with E-state index in [2.05, 4.69) is 25.8 Å². The number of rotatable bonds is 10. The fraction of sp³-hybridized carbons (Fsp3) is 0.0800. The standard InChI is InChI=1S/C25H20F2N6O3/c26-17-9-5-4-8-16(17)13-29-21(20-10-11-36-33-20)12-19(28)24-30-14-18(27)23(32-24)31-22(25(34)35)15-6-2-1-3-7-15/h1-12,14,22,28-29H,13H2,(H,34,35)(H,30,31,32)/b21-12-,28-19?/t22-/m1/s1. The van der Waals surface area contributed by atoms with Crippen LogP contribution in [0.25, 0.3) is 5.70 Å². The van der Waals surface area contributed by atoms with Gasteiger partial charge in [0.25, 0.3) is 0 Å². The van der Waals surface area contributed by atoms with Gasteiger partial charge in [-0.2, -0.15) is 0 Å². The number of nitrogens with zero attached hydrogens (tertiary/aromatic N) is 3. The molecule has 0 aliphatic rings. The van der Waals surface area contributed by atoms with E-state index in [9.17, 15) is 18.7 Å². The van der Waals surface area contributed by atoms with Crippen molar-refractivity contribution in [2.75, 3.05) is 5.32 Å². The Kier molecular flexibility index (Phi) is 7.39. The van der Waals surface area contributed by atoms with Crippen LogP contribution in [0.15, 0.2) is 83.7 Å². The predicted octanol–water partition coefficient (Wildman–Crippen LogP) is 4.18. The van der Waals surface area contributed by atoms with E-state index in [1.807, 2.05) is 0 Å². The summed E-state index contributed by atoms with van der Waals surface area (Å²) in [5, 5.41) is 27.5. The summed E-state index contributed by atoms with van der Waals surface area (Å²) in [6, 6.07) is 14.7. The molecule has 0 fully saturated rings. The Hall–Kier alpha value is -4.93. The predicted molar refractivity (Wildman–Crippen MR) is 127 cm³/mol. The molecular weight excluding hydrogens is 470 g/mol. The Labute approximate surface area is 204 Å². The quantitative estimate of drug-likeness (QED) is 0.243. The van der Waals surface area contributed by atoms with Crippen LogP contribution in [0.1, 0.15) is 28.7 Å². The van der Waals surface area contributed by atoms with Gasteiger partial charge in [-0.05, 0) is 17.7 Å². The molecule has 0 saturated heterocycles. The number of benzene rings is 2. The second-order valence-electron chi connectivity index (χ2n) is 7.52. The number of carboxylic acids is 1. The molecule has 0 radical (unpaired) electrons. The van der Waals surface area contributed by atoms with Crippen LogP contribution < -0.4 is 10.6 Å². The minimum absolute atomic E-state index is 0.0904. The molecule has 4 rings (SSSR count). The number of nitrogens with one attached hydrogen (secondary N) is 3. The Morgan fingerprint density at radius 1 is 1.08 bits per heavy atom.